The maximum Gasteiger partial charge on any atom is 0.263 e. The molecule has 0 atom stereocenters. The van der Waals surface area contributed by atoms with Crippen LogP contribution in [-0.4, -0.2) is 16.1 Å². The number of amides is 1. The Balaban J connectivity index is 2.20. The number of unbranched alkanes of at least 4 members (excludes halogenated alkanes) is 1. The zero-order valence-electron chi connectivity index (χ0n) is 12.6. The number of benzene rings is 2. The van der Waals surface area contributed by atoms with Crippen LogP contribution in [0.3, 0.4) is 0 Å². The summed E-state index contributed by atoms with van der Waals surface area (Å²) < 4.78 is 0. The van der Waals surface area contributed by atoms with E-state index in [-0.39, 0.29) is 15.6 Å². The molecule has 0 aliphatic rings. The van der Waals surface area contributed by atoms with Gasteiger partial charge < -0.3 is 15.5 Å². The van der Waals surface area contributed by atoms with E-state index in [1.54, 1.807) is 12.1 Å². The Bertz CT molecular complexity index is 689. The average Bonchev–Trinajstić information content (AvgIpc) is 2.52. The van der Waals surface area contributed by atoms with Gasteiger partial charge in [-0.3, -0.25) is 4.79 Å². The van der Waals surface area contributed by atoms with Crippen LogP contribution in [0.4, 0.5) is 5.69 Å². The maximum atomic E-state index is 12.3. The zero-order chi connectivity index (χ0) is 17.0. The summed E-state index contributed by atoms with van der Waals surface area (Å²) in [6.07, 6.45) is 3.21. The van der Waals surface area contributed by atoms with Crippen LogP contribution in [0.15, 0.2) is 30.3 Å². The number of phenols is 2. The summed E-state index contributed by atoms with van der Waals surface area (Å²) in [5.74, 6) is -1.71. The second-order valence-electron chi connectivity index (χ2n) is 5.17. The van der Waals surface area contributed by atoms with Crippen molar-refractivity contribution in [2.75, 3.05) is 5.32 Å². The molecule has 0 aliphatic carbocycles. The molecule has 122 valence electrons. The van der Waals surface area contributed by atoms with Crippen molar-refractivity contribution in [3.8, 4) is 11.5 Å². The number of hydrogen-bond donors (Lipinski definition) is 3. The van der Waals surface area contributed by atoms with Gasteiger partial charge in [-0.25, -0.2) is 0 Å². The first kappa shape index (κ1) is 17.4. The number of halogens is 2. The Morgan fingerprint density at radius 3 is 2.17 bits per heavy atom. The lowest BCUT2D eigenvalue weighted by atomic mass is 10.1. The highest BCUT2D eigenvalue weighted by atomic mass is 35.5. The van der Waals surface area contributed by atoms with Crippen molar-refractivity contribution < 1.29 is 15.0 Å². The van der Waals surface area contributed by atoms with E-state index < -0.39 is 17.4 Å². The molecular formula is C17H17Cl2NO3. The molecule has 6 heteroatoms. The van der Waals surface area contributed by atoms with Crippen LogP contribution in [-0.2, 0) is 6.42 Å². The van der Waals surface area contributed by atoms with E-state index in [2.05, 4.69) is 12.2 Å². The molecule has 0 saturated heterocycles. The van der Waals surface area contributed by atoms with E-state index in [0.717, 1.165) is 19.3 Å². The first-order valence-corrected chi connectivity index (χ1v) is 7.99. The molecule has 1 amide bonds. The predicted molar refractivity (Wildman–Crippen MR) is 92.8 cm³/mol. The number of nitrogens with one attached hydrogen (secondary N) is 1. The monoisotopic (exact) mass is 353 g/mol. The van der Waals surface area contributed by atoms with Crippen LogP contribution in [0.25, 0.3) is 0 Å². The minimum absolute atomic E-state index is 0.104. The number of aromatic hydroxyl groups is 2. The Kier molecular flexibility index (Phi) is 5.74. The first-order valence-electron chi connectivity index (χ1n) is 7.24. The van der Waals surface area contributed by atoms with Gasteiger partial charge in [-0.2, -0.15) is 0 Å². The molecule has 0 bridgehead atoms. The number of rotatable bonds is 5. The number of phenolic OH excluding ortho intramolecular Hbond substituents is 2. The van der Waals surface area contributed by atoms with Gasteiger partial charge in [0, 0.05) is 5.69 Å². The molecule has 3 N–H and O–H groups in total. The van der Waals surface area contributed by atoms with E-state index in [0.29, 0.717) is 5.69 Å². The zero-order valence-corrected chi connectivity index (χ0v) is 14.1. The number of carbonyl (C=O) groups excluding carboxylic acids is 1. The molecular weight excluding hydrogens is 337 g/mol. The van der Waals surface area contributed by atoms with Crippen molar-refractivity contribution in [3.63, 3.8) is 0 Å². The molecule has 0 radical (unpaired) electrons. The molecule has 2 rings (SSSR count). The van der Waals surface area contributed by atoms with Crippen molar-refractivity contribution >= 4 is 34.8 Å². The Labute approximate surface area is 144 Å². The van der Waals surface area contributed by atoms with Gasteiger partial charge in [0.25, 0.3) is 5.91 Å². The number of anilines is 1. The highest BCUT2D eigenvalue weighted by Gasteiger charge is 2.22. The van der Waals surface area contributed by atoms with Gasteiger partial charge in [-0.1, -0.05) is 48.7 Å². The van der Waals surface area contributed by atoms with Crippen molar-refractivity contribution in [2.24, 2.45) is 0 Å². The van der Waals surface area contributed by atoms with Crippen LogP contribution in [0, 0.1) is 0 Å². The fraction of sp³-hybridized carbons (Fsp3) is 0.235. The lowest BCUT2D eigenvalue weighted by Gasteiger charge is -2.11. The fourth-order valence-electron chi connectivity index (χ4n) is 2.14. The van der Waals surface area contributed by atoms with Gasteiger partial charge in [-0.05, 0) is 36.6 Å². The van der Waals surface area contributed by atoms with E-state index in [4.69, 9.17) is 23.2 Å². The standard InChI is InChI=1S/C17H17Cl2NO3/c1-2-3-4-10-5-7-11(8-6-10)20-17(23)14-15(21)12(18)9-13(19)16(14)22/h5-9,21-22H,2-4H2,1H3,(H,20,23). The third-order valence-corrected chi connectivity index (χ3v) is 4.01. The summed E-state index contributed by atoms with van der Waals surface area (Å²) in [5, 5.41) is 22.2. The summed E-state index contributed by atoms with van der Waals surface area (Å²) >= 11 is 11.6. The highest BCUT2D eigenvalue weighted by molar-refractivity contribution is 6.37. The third-order valence-electron chi connectivity index (χ3n) is 3.44. The quantitative estimate of drug-likeness (QED) is 0.708. The Hall–Kier alpha value is -1.91. The van der Waals surface area contributed by atoms with Gasteiger partial charge in [0.1, 0.15) is 5.56 Å². The molecule has 2 aromatic rings. The normalized spacial score (nSPS) is 10.6. The van der Waals surface area contributed by atoms with Crippen molar-refractivity contribution in [3.05, 3.63) is 51.5 Å². The minimum atomic E-state index is -0.689. The van der Waals surface area contributed by atoms with E-state index in [9.17, 15) is 15.0 Å². The lowest BCUT2D eigenvalue weighted by molar-refractivity contribution is 0.102. The summed E-state index contributed by atoms with van der Waals surface area (Å²) in [6, 6.07) is 8.56. The van der Waals surface area contributed by atoms with Crippen molar-refractivity contribution in [1.82, 2.24) is 0 Å². The molecule has 0 fully saturated rings. The third kappa shape index (κ3) is 4.09. The molecule has 0 aliphatic heterocycles. The van der Waals surface area contributed by atoms with Crippen LogP contribution < -0.4 is 5.32 Å². The second kappa shape index (κ2) is 7.57. The average molecular weight is 354 g/mol. The molecule has 0 saturated carbocycles. The SMILES string of the molecule is CCCCc1ccc(NC(=O)c2c(O)c(Cl)cc(Cl)c2O)cc1. The van der Waals surface area contributed by atoms with Gasteiger partial charge in [-0.15, -0.1) is 0 Å². The van der Waals surface area contributed by atoms with Gasteiger partial charge >= 0.3 is 0 Å². The molecule has 0 heterocycles. The van der Waals surface area contributed by atoms with Crippen LogP contribution in [0.5, 0.6) is 11.5 Å². The maximum absolute atomic E-state index is 12.3. The fourth-order valence-corrected chi connectivity index (χ4v) is 2.61. The molecule has 0 aromatic heterocycles. The first-order chi connectivity index (χ1) is 10.9. The topological polar surface area (TPSA) is 69.6 Å². The van der Waals surface area contributed by atoms with Crippen molar-refractivity contribution in [1.29, 1.82) is 0 Å². The molecule has 2 aromatic carbocycles. The number of hydrogen-bond acceptors (Lipinski definition) is 3. The van der Waals surface area contributed by atoms with Gasteiger partial charge in [0.05, 0.1) is 10.0 Å². The van der Waals surface area contributed by atoms with Gasteiger partial charge in [0.15, 0.2) is 11.5 Å². The van der Waals surface area contributed by atoms with E-state index in [1.807, 2.05) is 12.1 Å². The highest BCUT2D eigenvalue weighted by Crippen LogP contribution is 2.39. The summed E-state index contributed by atoms with van der Waals surface area (Å²) in [5.41, 5.74) is 1.38. The number of carbonyl (C=O) groups is 1. The molecule has 0 unspecified atom stereocenters. The molecule has 4 nitrogen and oxygen atoms in total. The lowest BCUT2D eigenvalue weighted by Crippen LogP contribution is -2.12. The predicted octanol–water partition coefficient (Wildman–Crippen LogP) is 5.00. The van der Waals surface area contributed by atoms with Crippen LogP contribution in [0.1, 0.15) is 35.7 Å². The largest absolute Gasteiger partial charge is 0.505 e. The molecule has 0 spiro atoms. The smallest absolute Gasteiger partial charge is 0.263 e. The van der Waals surface area contributed by atoms with E-state index in [1.165, 1.54) is 11.6 Å². The number of aryl methyl sites for hydroxylation is 1. The summed E-state index contributed by atoms with van der Waals surface area (Å²) in [7, 11) is 0. The van der Waals surface area contributed by atoms with Gasteiger partial charge in [0.2, 0.25) is 0 Å². The van der Waals surface area contributed by atoms with Crippen molar-refractivity contribution in [2.45, 2.75) is 26.2 Å². The van der Waals surface area contributed by atoms with E-state index >= 15 is 0 Å². The Morgan fingerprint density at radius 1 is 1.09 bits per heavy atom. The Morgan fingerprint density at radius 2 is 1.65 bits per heavy atom. The molecule has 23 heavy (non-hydrogen) atoms. The summed E-state index contributed by atoms with van der Waals surface area (Å²) in [4.78, 5) is 12.3. The summed E-state index contributed by atoms with van der Waals surface area (Å²) in [6.45, 7) is 2.13. The van der Waals surface area contributed by atoms with Crippen LogP contribution in [0.2, 0.25) is 10.0 Å². The van der Waals surface area contributed by atoms with Crippen LogP contribution >= 0.6 is 23.2 Å². The minimum Gasteiger partial charge on any atom is -0.505 e. The second-order valence-corrected chi connectivity index (χ2v) is 5.98.